The minimum Gasteiger partial charge on any atom is -0.349 e. The molecule has 2 aromatic heterocycles. The summed E-state index contributed by atoms with van der Waals surface area (Å²) in [6, 6.07) is 5.43. The van der Waals surface area contributed by atoms with Gasteiger partial charge in [0.15, 0.2) is 0 Å². The Balaban J connectivity index is 1.60. The highest BCUT2D eigenvalue weighted by Gasteiger charge is 2.23. The first-order valence-electron chi connectivity index (χ1n) is 10.5. The number of fused-ring (bicyclic) bond motifs is 1. The van der Waals surface area contributed by atoms with Crippen LogP contribution >= 0.6 is 11.6 Å². The van der Waals surface area contributed by atoms with Crippen LogP contribution in [0.4, 0.5) is 0 Å². The molecule has 3 N–H and O–H groups in total. The highest BCUT2D eigenvalue weighted by molar-refractivity contribution is 6.31. The minimum absolute atomic E-state index is 0.0511. The maximum atomic E-state index is 13.0. The number of aromatic amines is 1. The summed E-state index contributed by atoms with van der Waals surface area (Å²) in [6.45, 7) is 3.90. The lowest BCUT2D eigenvalue weighted by molar-refractivity contribution is 0.0947. The molecule has 2 amide bonds. The Morgan fingerprint density at radius 2 is 1.88 bits per heavy atom. The van der Waals surface area contributed by atoms with Crippen LogP contribution in [0, 0.1) is 0 Å². The summed E-state index contributed by atoms with van der Waals surface area (Å²) in [4.78, 5) is 46.0. The second kappa shape index (κ2) is 9.40. The number of benzene rings is 1. The van der Waals surface area contributed by atoms with Crippen LogP contribution in [0.1, 0.15) is 58.3 Å². The zero-order valence-corrected chi connectivity index (χ0v) is 18.2. The molecule has 0 aliphatic heterocycles. The molecule has 0 radical (unpaired) electrons. The third-order valence-electron chi connectivity index (χ3n) is 5.60. The van der Waals surface area contributed by atoms with Crippen molar-refractivity contribution in [3.63, 3.8) is 0 Å². The second-order valence-electron chi connectivity index (χ2n) is 7.83. The summed E-state index contributed by atoms with van der Waals surface area (Å²) < 4.78 is 1.83. The summed E-state index contributed by atoms with van der Waals surface area (Å²) in [5.74, 6) is -0.546. The van der Waals surface area contributed by atoms with Crippen molar-refractivity contribution in [1.82, 2.24) is 25.2 Å². The molecule has 1 aromatic carbocycles. The normalized spacial score (nSPS) is 13.9. The third-order valence-corrected chi connectivity index (χ3v) is 5.83. The highest BCUT2D eigenvalue weighted by atomic mass is 35.5. The van der Waals surface area contributed by atoms with Gasteiger partial charge < -0.3 is 20.2 Å². The number of carbonyl (C=O) groups excluding carboxylic acids is 2. The Bertz CT molecular complexity index is 1240. The molecule has 1 aliphatic carbocycles. The topological polar surface area (TPSA) is 109 Å². The molecule has 0 atom stereocenters. The van der Waals surface area contributed by atoms with Crippen LogP contribution in [-0.2, 0) is 6.54 Å². The van der Waals surface area contributed by atoms with Crippen molar-refractivity contribution in [2.45, 2.75) is 38.3 Å². The largest absolute Gasteiger partial charge is 0.349 e. The number of rotatable bonds is 7. The number of H-pyrrole nitrogens is 1. The van der Waals surface area contributed by atoms with E-state index in [9.17, 15) is 14.4 Å². The Hall–Kier alpha value is -3.39. The van der Waals surface area contributed by atoms with Crippen LogP contribution in [-0.4, -0.2) is 32.9 Å². The van der Waals surface area contributed by atoms with Gasteiger partial charge in [0, 0.05) is 30.0 Å². The molecule has 0 saturated heterocycles. The quantitative estimate of drug-likeness (QED) is 0.476. The second-order valence-corrected chi connectivity index (χ2v) is 8.26. The van der Waals surface area contributed by atoms with Gasteiger partial charge in [-0.1, -0.05) is 30.5 Å². The Morgan fingerprint density at radius 1 is 1.19 bits per heavy atom. The zero-order chi connectivity index (χ0) is 22.7. The minimum atomic E-state index is -0.602. The molecule has 0 spiro atoms. The number of nitrogens with zero attached hydrogens (tertiary/aromatic N) is 2. The molecular weight excluding hydrogens is 430 g/mol. The predicted octanol–water partition coefficient (Wildman–Crippen LogP) is 3.34. The van der Waals surface area contributed by atoms with Gasteiger partial charge in [0.1, 0.15) is 17.0 Å². The average Bonchev–Trinajstić information content (AvgIpc) is 3.45. The van der Waals surface area contributed by atoms with Gasteiger partial charge in [0.25, 0.3) is 11.8 Å². The monoisotopic (exact) mass is 453 g/mol. The van der Waals surface area contributed by atoms with Crippen LogP contribution in [0.25, 0.3) is 11.0 Å². The molecule has 166 valence electrons. The van der Waals surface area contributed by atoms with Crippen molar-refractivity contribution < 1.29 is 9.59 Å². The number of imidazole rings is 1. The van der Waals surface area contributed by atoms with Gasteiger partial charge in [0.05, 0.1) is 17.6 Å². The van der Waals surface area contributed by atoms with E-state index in [1.807, 2.05) is 4.57 Å². The molecular formula is C23H24ClN5O3. The van der Waals surface area contributed by atoms with E-state index in [1.165, 1.54) is 6.08 Å². The third kappa shape index (κ3) is 4.60. The van der Waals surface area contributed by atoms with E-state index in [0.29, 0.717) is 10.8 Å². The fourth-order valence-corrected chi connectivity index (χ4v) is 4.14. The van der Waals surface area contributed by atoms with Crippen LogP contribution in [0.3, 0.4) is 0 Å². The number of hydrogen-bond donors (Lipinski definition) is 3. The Morgan fingerprint density at radius 3 is 2.56 bits per heavy atom. The van der Waals surface area contributed by atoms with Crippen molar-refractivity contribution in [3.05, 3.63) is 75.4 Å². The van der Waals surface area contributed by atoms with E-state index in [2.05, 4.69) is 27.2 Å². The van der Waals surface area contributed by atoms with E-state index in [-0.39, 0.29) is 30.3 Å². The van der Waals surface area contributed by atoms with Crippen molar-refractivity contribution in [2.24, 2.45) is 0 Å². The van der Waals surface area contributed by atoms with E-state index >= 15 is 0 Å². The molecule has 1 fully saturated rings. The average molecular weight is 454 g/mol. The van der Waals surface area contributed by atoms with E-state index in [4.69, 9.17) is 11.6 Å². The van der Waals surface area contributed by atoms with Gasteiger partial charge >= 0.3 is 0 Å². The maximum Gasteiger partial charge on any atom is 0.257 e. The highest BCUT2D eigenvalue weighted by Crippen LogP contribution is 2.29. The lowest BCUT2D eigenvalue weighted by Crippen LogP contribution is -2.35. The summed E-state index contributed by atoms with van der Waals surface area (Å²) in [5, 5.41) is 5.93. The SMILES string of the molecule is C=CCNC(=O)c1cn(C2CCCC2)cc(C(=O)NCc2nc3ccc(Cl)cc3[nH]2)c1=O. The van der Waals surface area contributed by atoms with Gasteiger partial charge in [-0.25, -0.2) is 4.98 Å². The first-order valence-corrected chi connectivity index (χ1v) is 10.9. The van der Waals surface area contributed by atoms with Crippen molar-refractivity contribution in [2.75, 3.05) is 6.54 Å². The fourth-order valence-electron chi connectivity index (χ4n) is 3.97. The van der Waals surface area contributed by atoms with E-state index < -0.39 is 17.2 Å². The number of carbonyl (C=O) groups is 2. The number of pyridine rings is 1. The standard InChI is InChI=1S/C23H24ClN5O3/c1-2-9-25-22(31)16-12-29(15-5-3-4-6-15)13-17(21(16)30)23(32)26-11-20-27-18-8-7-14(24)10-19(18)28-20/h2,7-8,10,12-13,15H,1,3-6,9,11H2,(H,25,31)(H,26,32)(H,27,28). The smallest absolute Gasteiger partial charge is 0.257 e. The van der Waals surface area contributed by atoms with Crippen LogP contribution in [0.15, 0.2) is 48.0 Å². The fraction of sp³-hybridized carbons (Fsp3) is 0.304. The number of amides is 2. The Labute approximate surface area is 189 Å². The molecule has 2 heterocycles. The summed E-state index contributed by atoms with van der Waals surface area (Å²) in [5.41, 5.74) is 0.760. The summed E-state index contributed by atoms with van der Waals surface area (Å²) in [7, 11) is 0. The molecule has 0 bridgehead atoms. The first-order chi connectivity index (χ1) is 15.5. The molecule has 3 aromatic rings. The van der Waals surface area contributed by atoms with E-state index in [0.717, 1.165) is 36.7 Å². The first kappa shape index (κ1) is 21.8. The Kier molecular flexibility index (Phi) is 6.41. The van der Waals surface area contributed by atoms with E-state index in [1.54, 1.807) is 30.6 Å². The van der Waals surface area contributed by atoms with Crippen LogP contribution in [0.2, 0.25) is 5.02 Å². The van der Waals surface area contributed by atoms with Crippen LogP contribution in [0.5, 0.6) is 0 Å². The lowest BCUT2D eigenvalue weighted by Gasteiger charge is -2.17. The van der Waals surface area contributed by atoms with Gasteiger partial charge in [-0.15, -0.1) is 6.58 Å². The van der Waals surface area contributed by atoms with Gasteiger partial charge in [-0.05, 0) is 31.0 Å². The summed E-state index contributed by atoms with van der Waals surface area (Å²) in [6.07, 6.45) is 8.68. The lowest BCUT2D eigenvalue weighted by atomic mass is 10.1. The maximum absolute atomic E-state index is 13.0. The number of halogens is 1. The molecule has 9 heteroatoms. The molecule has 4 rings (SSSR count). The van der Waals surface area contributed by atoms with Crippen LogP contribution < -0.4 is 16.1 Å². The van der Waals surface area contributed by atoms with Gasteiger partial charge in [-0.2, -0.15) is 0 Å². The molecule has 0 unspecified atom stereocenters. The predicted molar refractivity (Wildman–Crippen MR) is 123 cm³/mol. The zero-order valence-electron chi connectivity index (χ0n) is 17.5. The van der Waals surface area contributed by atoms with Gasteiger partial charge in [0.2, 0.25) is 5.43 Å². The number of nitrogens with one attached hydrogen (secondary N) is 3. The number of aromatic nitrogens is 3. The molecule has 1 saturated carbocycles. The summed E-state index contributed by atoms with van der Waals surface area (Å²) >= 11 is 6.00. The molecule has 8 nitrogen and oxygen atoms in total. The van der Waals surface area contributed by atoms with Crippen molar-refractivity contribution >= 4 is 34.4 Å². The molecule has 32 heavy (non-hydrogen) atoms. The number of hydrogen-bond acceptors (Lipinski definition) is 4. The van der Waals surface area contributed by atoms with Crippen molar-refractivity contribution in [3.8, 4) is 0 Å². The molecule has 1 aliphatic rings. The van der Waals surface area contributed by atoms with Crippen molar-refractivity contribution in [1.29, 1.82) is 0 Å². The van der Waals surface area contributed by atoms with Gasteiger partial charge in [-0.3, -0.25) is 14.4 Å².